The van der Waals surface area contributed by atoms with E-state index in [1.54, 1.807) is 13.8 Å². The van der Waals surface area contributed by atoms with Crippen LogP contribution in [0.15, 0.2) is 0 Å². The number of carboxylic acids is 1. The van der Waals surface area contributed by atoms with Crippen molar-refractivity contribution in [3.05, 3.63) is 0 Å². The summed E-state index contributed by atoms with van der Waals surface area (Å²) in [5.41, 5.74) is 0. The molecule has 1 N–H and O–H groups in total. The highest BCUT2D eigenvalue weighted by molar-refractivity contribution is 6.31. The highest BCUT2D eigenvalue weighted by Crippen LogP contribution is 1.94. The van der Waals surface area contributed by atoms with Gasteiger partial charge in [0, 0.05) is 0 Å². The van der Waals surface area contributed by atoms with Crippen molar-refractivity contribution in [2.75, 3.05) is 19.8 Å². The Morgan fingerprint density at radius 2 is 1.80 bits per heavy atom. The Kier molecular flexibility index (Phi) is 6.03. The molecule has 0 bridgehead atoms. The van der Waals surface area contributed by atoms with Crippen LogP contribution in [0.4, 0.5) is 0 Å². The molecule has 0 unspecified atom stereocenters. The number of carboxylic acid groups (broad SMARTS) is 1. The third-order valence-electron chi connectivity index (χ3n) is 1.27. The smallest absolute Gasteiger partial charge is 0.396 e. The zero-order chi connectivity index (χ0) is 11.8. The highest BCUT2D eigenvalue weighted by atomic mass is 16.7. The Balaban J connectivity index is 4.33. The molecule has 7 nitrogen and oxygen atoms in total. The SMILES string of the molecule is CCOC(=O)CN(OCC)C(=O)C(=O)O. The second kappa shape index (κ2) is 6.77. The van der Waals surface area contributed by atoms with Crippen LogP contribution in [0.1, 0.15) is 13.8 Å². The third kappa shape index (κ3) is 4.96. The molecule has 0 aromatic heterocycles. The Morgan fingerprint density at radius 1 is 1.20 bits per heavy atom. The van der Waals surface area contributed by atoms with Crippen molar-refractivity contribution in [3.8, 4) is 0 Å². The van der Waals surface area contributed by atoms with Crippen molar-refractivity contribution in [1.82, 2.24) is 5.06 Å². The number of hydroxylamine groups is 2. The first kappa shape index (κ1) is 13.4. The van der Waals surface area contributed by atoms with E-state index in [1.807, 2.05) is 0 Å². The summed E-state index contributed by atoms with van der Waals surface area (Å²) in [6.45, 7) is 2.86. The van der Waals surface area contributed by atoms with Crippen molar-refractivity contribution in [2.45, 2.75) is 13.8 Å². The molecule has 0 radical (unpaired) electrons. The van der Waals surface area contributed by atoms with Crippen LogP contribution < -0.4 is 0 Å². The number of hydrogen-bond donors (Lipinski definition) is 1. The minimum atomic E-state index is -1.69. The second-order valence-corrected chi connectivity index (χ2v) is 2.37. The summed E-state index contributed by atoms with van der Waals surface area (Å²) < 4.78 is 4.54. The lowest BCUT2D eigenvalue weighted by Gasteiger charge is -2.17. The van der Waals surface area contributed by atoms with Gasteiger partial charge in [0.2, 0.25) is 0 Å². The van der Waals surface area contributed by atoms with Crippen LogP contribution in [0.25, 0.3) is 0 Å². The molecule has 0 atom stereocenters. The number of esters is 1. The average Bonchev–Trinajstić information content (AvgIpc) is 2.16. The van der Waals surface area contributed by atoms with Gasteiger partial charge in [-0.1, -0.05) is 0 Å². The van der Waals surface area contributed by atoms with E-state index in [9.17, 15) is 14.4 Å². The lowest BCUT2D eigenvalue weighted by Crippen LogP contribution is -2.40. The maximum Gasteiger partial charge on any atom is 0.396 e. The Morgan fingerprint density at radius 3 is 2.20 bits per heavy atom. The predicted molar refractivity (Wildman–Crippen MR) is 47.6 cm³/mol. The molecular formula is C8H13NO6. The monoisotopic (exact) mass is 219 g/mol. The van der Waals surface area contributed by atoms with Gasteiger partial charge in [-0.15, -0.1) is 0 Å². The zero-order valence-corrected chi connectivity index (χ0v) is 8.56. The van der Waals surface area contributed by atoms with Gasteiger partial charge in [-0.3, -0.25) is 14.4 Å². The maximum atomic E-state index is 11.0. The molecule has 0 aromatic rings. The molecule has 0 rings (SSSR count). The molecule has 7 heteroatoms. The topological polar surface area (TPSA) is 93.1 Å². The number of nitrogens with zero attached hydrogens (tertiary/aromatic N) is 1. The molecule has 0 aliphatic rings. The number of ether oxygens (including phenoxy) is 1. The van der Waals surface area contributed by atoms with Gasteiger partial charge in [0.25, 0.3) is 0 Å². The molecule has 0 aliphatic carbocycles. The summed E-state index contributed by atoms with van der Waals surface area (Å²) in [5.74, 6) is -3.71. The van der Waals surface area contributed by atoms with E-state index in [0.717, 1.165) is 0 Å². The Labute approximate surface area is 86.5 Å². The van der Waals surface area contributed by atoms with E-state index in [0.29, 0.717) is 5.06 Å². The highest BCUT2D eigenvalue weighted by Gasteiger charge is 2.24. The summed E-state index contributed by atoms with van der Waals surface area (Å²) in [7, 11) is 0. The van der Waals surface area contributed by atoms with Crippen molar-refractivity contribution < 1.29 is 29.1 Å². The van der Waals surface area contributed by atoms with E-state index in [4.69, 9.17) is 5.11 Å². The number of rotatable bonds is 5. The molecule has 0 heterocycles. The van der Waals surface area contributed by atoms with Crippen molar-refractivity contribution >= 4 is 17.8 Å². The molecule has 86 valence electrons. The predicted octanol–water partition coefficient (Wildman–Crippen LogP) is -0.586. The van der Waals surface area contributed by atoms with Crippen LogP contribution in [0.5, 0.6) is 0 Å². The second-order valence-electron chi connectivity index (χ2n) is 2.37. The van der Waals surface area contributed by atoms with Gasteiger partial charge in [-0.05, 0) is 13.8 Å². The van der Waals surface area contributed by atoms with E-state index in [2.05, 4.69) is 9.57 Å². The van der Waals surface area contributed by atoms with E-state index < -0.39 is 24.4 Å². The van der Waals surface area contributed by atoms with Crippen LogP contribution in [0.3, 0.4) is 0 Å². The van der Waals surface area contributed by atoms with Crippen LogP contribution in [-0.2, 0) is 24.0 Å². The lowest BCUT2D eigenvalue weighted by atomic mass is 10.5. The normalized spacial score (nSPS) is 9.47. The van der Waals surface area contributed by atoms with Gasteiger partial charge in [0.05, 0.1) is 13.2 Å². The molecular weight excluding hydrogens is 206 g/mol. The van der Waals surface area contributed by atoms with Crippen molar-refractivity contribution in [2.24, 2.45) is 0 Å². The number of carbonyl (C=O) groups excluding carboxylic acids is 2. The number of carbonyl (C=O) groups is 3. The standard InChI is InChI=1S/C8H13NO6/c1-3-14-6(10)5-9(15-4-2)7(11)8(12)13/h3-5H2,1-2H3,(H,12,13). The van der Waals surface area contributed by atoms with Gasteiger partial charge in [0.1, 0.15) is 6.54 Å². The molecule has 0 aromatic carbocycles. The Bertz CT molecular complexity index is 252. The van der Waals surface area contributed by atoms with Gasteiger partial charge < -0.3 is 9.84 Å². The molecule has 0 aliphatic heterocycles. The molecule has 0 saturated heterocycles. The minimum absolute atomic E-state index is 0.0818. The first-order valence-electron chi connectivity index (χ1n) is 4.36. The minimum Gasteiger partial charge on any atom is -0.474 e. The fourth-order valence-corrected chi connectivity index (χ4v) is 0.762. The molecule has 0 fully saturated rings. The van der Waals surface area contributed by atoms with E-state index in [-0.39, 0.29) is 13.2 Å². The van der Waals surface area contributed by atoms with E-state index in [1.165, 1.54) is 0 Å². The lowest BCUT2D eigenvalue weighted by molar-refractivity contribution is -0.197. The summed E-state index contributed by atoms with van der Waals surface area (Å²) in [6, 6.07) is 0. The third-order valence-corrected chi connectivity index (χ3v) is 1.27. The maximum absolute atomic E-state index is 11.0. The van der Waals surface area contributed by atoms with Gasteiger partial charge >= 0.3 is 17.8 Å². The molecule has 0 spiro atoms. The first-order valence-corrected chi connectivity index (χ1v) is 4.36. The summed E-state index contributed by atoms with van der Waals surface area (Å²) in [4.78, 5) is 36.9. The number of hydrogen-bond acceptors (Lipinski definition) is 5. The number of amides is 1. The first-order chi connectivity index (χ1) is 7.02. The zero-order valence-electron chi connectivity index (χ0n) is 8.56. The summed E-state index contributed by atoms with van der Waals surface area (Å²) in [6.07, 6.45) is 0. The fourth-order valence-electron chi connectivity index (χ4n) is 0.762. The molecule has 15 heavy (non-hydrogen) atoms. The number of aliphatic carboxylic acids is 1. The van der Waals surface area contributed by atoms with E-state index >= 15 is 0 Å². The summed E-state index contributed by atoms with van der Waals surface area (Å²) >= 11 is 0. The fraction of sp³-hybridized carbons (Fsp3) is 0.625. The van der Waals surface area contributed by atoms with Gasteiger partial charge in [-0.25, -0.2) is 9.86 Å². The summed E-state index contributed by atoms with van der Waals surface area (Å²) in [5, 5.41) is 8.86. The van der Waals surface area contributed by atoms with Crippen LogP contribution in [0.2, 0.25) is 0 Å². The average molecular weight is 219 g/mol. The molecule has 0 saturated carbocycles. The van der Waals surface area contributed by atoms with Crippen LogP contribution in [-0.4, -0.2) is 47.8 Å². The largest absolute Gasteiger partial charge is 0.474 e. The Hall–Kier alpha value is -1.63. The van der Waals surface area contributed by atoms with Crippen molar-refractivity contribution in [1.29, 1.82) is 0 Å². The molecule has 1 amide bonds. The van der Waals surface area contributed by atoms with Crippen molar-refractivity contribution in [3.63, 3.8) is 0 Å². The quantitative estimate of drug-likeness (QED) is 0.377. The van der Waals surface area contributed by atoms with Gasteiger partial charge in [-0.2, -0.15) is 0 Å². The van der Waals surface area contributed by atoms with Crippen LogP contribution >= 0.6 is 0 Å². The van der Waals surface area contributed by atoms with Crippen LogP contribution in [0, 0.1) is 0 Å². The van der Waals surface area contributed by atoms with Gasteiger partial charge in [0.15, 0.2) is 0 Å².